The molecule has 1 aliphatic heterocycles. The van der Waals surface area contributed by atoms with Crippen molar-refractivity contribution >= 4 is 6.09 Å². The van der Waals surface area contributed by atoms with E-state index < -0.39 is 5.60 Å². The van der Waals surface area contributed by atoms with Gasteiger partial charge in [-0.3, -0.25) is 0 Å². The third-order valence-electron chi connectivity index (χ3n) is 2.54. The maximum Gasteiger partial charge on any atom is 0.410 e. The fourth-order valence-electron chi connectivity index (χ4n) is 1.74. The first-order chi connectivity index (χ1) is 8.28. The van der Waals surface area contributed by atoms with E-state index in [1.54, 1.807) is 4.90 Å². The monoisotopic (exact) mass is 258 g/mol. The summed E-state index contributed by atoms with van der Waals surface area (Å²) in [5.41, 5.74) is -0.439. The predicted molar refractivity (Wildman–Crippen MR) is 70.7 cm³/mol. The lowest BCUT2D eigenvalue weighted by Crippen LogP contribution is -2.55. The Hall–Kier alpha value is -0.810. The van der Waals surface area contributed by atoms with Crippen molar-refractivity contribution in [1.82, 2.24) is 10.2 Å². The van der Waals surface area contributed by atoms with Crippen LogP contribution in [-0.2, 0) is 9.47 Å². The van der Waals surface area contributed by atoms with E-state index in [1.165, 1.54) is 0 Å². The number of carbonyl (C=O) groups is 1. The van der Waals surface area contributed by atoms with E-state index >= 15 is 0 Å². The third kappa shape index (κ3) is 5.69. The number of carbonyl (C=O) groups excluding carboxylic acids is 1. The highest BCUT2D eigenvalue weighted by Crippen LogP contribution is 2.11. The first-order valence-corrected chi connectivity index (χ1v) is 6.61. The summed E-state index contributed by atoms with van der Waals surface area (Å²) < 4.78 is 10.9. The molecule has 0 saturated carbocycles. The smallest absolute Gasteiger partial charge is 0.410 e. The maximum absolute atomic E-state index is 11.9. The quantitative estimate of drug-likeness (QED) is 0.836. The number of hydrogen-bond donors (Lipinski definition) is 1. The van der Waals surface area contributed by atoms with Crippen LogP contribution < -0.4 is 5.32 Å². The van der Waals surface area contributed by atoms with Crippen LogP contribution in [0.1, 0.15) is 34.6 Å². The van der Waals surface area contributed by atoms with Gasteiger partial charge >= 0.3 is 6.09 Å². The van der Waals surface area contributed by atoms with E-state index in [2.05, 4.69) is 5.32 Å². The van der Waals surface area contributed by atoms with Gasteiger partial charge in [0.05, 0.1) is 12.7 Å². The summed E-state index contributed by atoms with van der Waals surface area (Å²) in [5.74, 6) is 0. The van der Waals surface area contributed by atoms with Crippen LogP contribution in [-0.4, -0.2) is 55.0 Å². The molecule has 106 valence electrons. The van der Waals surface area contributed by atoms with Gasteiger partial charge in [0.2, 0.25) is 0 Å². The summed E-state index contributed by atoms with van der Waals surface area (Å²) in [5, 5.41) is 3.35. The molecule has 1 fully saturated rings. The van der Waals surface area contributed by atoms with Gasteiger partial charge in [0.1, 0.15) is 5.60 Å². The van der Waals surface area contributed by atoms with Crippen LogP contribution in [0.15, 0.2) is 0 Å². The second-order valence-electron chi connectivity index (χ2n) is 5.96. The standard InChI is InChI=1S/C13H26N2O3/c1-10(2)17-9-11-8-15(7-6-14-11)12(16)18-13(3,4)5/h10-11,14H,6-9H2,1-5H3. The highest BCUT2D eigenvalue weighted by atomic mass is 16.6. The van der Waals surface area contributed by atoms with Crippen LogP contribution >= 0.6 is 0 Å². The summed E-state index contributed by atoms with van der Waals surface area (Å²) in [7, 11) is 0. The number of amides is 1. The Morgan fingerprint density at radius 3 is 2.67 bits per heavy atom. The zero-order valence-electron chi connectivity index (χ0n) is 12.2. The van der Waals surface area contributed by atoms with E-state index in [9.17, 15) is 4.79 Å². The molecule has 1 aliphatic rings. The minimum Gasteiger partial charge on any atom is -0.444 e. The van der Waals surface area contributed by atoms with Gasteiger partial charge in [-0.1, -0.05) is 0 Å². The van der Waals surface area contributed by atoms with E-state index in [0.717, 1.165) is 6.54 Å². The van der Waals surface area contributed by atoms with E-state index in [-0.39, 0.29) is 18.2 Å². The van der Waals surface area contributed by atoms with Crippen molar-refractivity contribution in [3.8, 4) is 0 Å². The van der Waals surface area contributed by atoms with Crippen LogP contribution in [0.5, 0.6) is 0 Å². The first kappa shape index (κ1) is 15.2. The van der Waals surface area contributed by atoms with Crippen LogP contribution in [0.4, 0.5) is 4.79 Å². The van der Waals surface area contributed by atoms with Crippen molar-refractivity contribution in [2.45, 2.75) is 52.4 Å². The van der Waals surface area contributed by atoms with Crippen LogP contribution in [0.25, 0.3) is 0 Å². The maximum atomic E-state index is 11.9. The lowest BCUT2D eigenvalue weighted by molar-refractivity contribution is 0.00866. The molecule has 0 spiro atoms. The van der Waals surface area contributed by atoms with E-state index in [4.69, 9.17) is 9.47 Å². The molecule has 1 unspecified atom stereocenters. The van der Waals surface area contributed by atoms with Gasteiger partial charge in [0, 0.05) is 25.7 Å². The molecule has 5 heteroatoms. The van der Waals surface area contributed by atoms with Crippen LogP contribution in [0.2, 0.25) is 0 Å². The molecule has 1 saturated heterocycles. The molecule has 5 nitrogen and oxygen atoms in total. The van der Waals surface area contributed by atoms with E-state index in [0.29, 0.717) is 19.7 Å². The molecule has 0 aromatic rings. The Morgan fingerprint density at radius 1 is 1.44 bits per heavy atom. The Labute approximate surface area is 110 Å². The summed E-state index contributed by atoms with van der Waals surface area (Å²) in [6.45, 7) is 12.4. The average molecular weight is 258 g/mol. The van der Waals surface area contributed by atoms with Gasteiger partial charge in [-0.2, -0.15) is 0 Å². The van der Waals surface area contributed by atoms with Crippen molar-refractivity contribution in [2.75, 3.05) is 26.2 Å². The predicted octanol–water partition coefficient (Wildman–Crippen LogP) is 1.62. The lowest BCUT2D eigenvalue weighted by atomic mass is 10.2. The normalized spacial score (nSPS) is 21.2. The molecule has 1 N–H and O–H groups in total. The number of nitrogens with zero attached hydrogens (tertiary/aromatic N) is 1. The van der Waals surface area contributed by atoms with Crippen molar-refractivity contribution in [2.24, 2.45) is 0 Å². The molecule has 1 atom stereocenters. The van der Waals surface area contributed by atoms with Gasteiger partial charge in [-0.05, 0) is 34.6 Å². The Morgan fingerprint density at radius 2 is 2.11 bits per heavy atom. The second-order valence-corrected chi connectivity index (χ2v) is 5.96. The van der Waals surface area contributed by atoms with Crippen molar-refractivity contribution in [1.29, 1.82) is 0 Å². The van der Waals surface area contributed by atoms with Crippen molar-refractivity contribution in [3.05, 3.63) is 0 Å². The highest BCUT2D eigenvalue weighted by molar-refractivity contribution is 5.68. The van der Waals surface area contributed by atoms with Crippen molar-refractivity contribution < 1.29 is 14.3 Å². The van der Waals surface area contributed by atoms with Gasteiger partial charge in [0.15, 0.2) is 0 Å². The Bertz CT molecular complexity index is 274. The molecule has 1 heterocycles. The minimum absolute atomic E-state index is 0.189. The summed E-state index contributed by atoms with van der Waals surface area (Å²) >= 11 is 0. The van der Waals surface area contributed by atoms with Crippen molar-refractivity contribution in [3.63, 3.8) is 0 Å². The second kappa shape index (κ2) is 6.38. The topological polar surface area (TPSA) is 50.8 Å². The number of hydrogen-bond acceptors (Lipinski definition) is 4. The van der Waals surface area contributed by atoms with Gasteiger partial charge < -0.3 is 19.7 Å². The van der Waals surface area contributed by atoms with Gasteiger partial charge in [-0.15, -0.1) is 0 Å². The summed E-state index contributed by atoms with van der Waals surface area (Å²) in [6.07, 6.45) is -0.0257. The molecular weight excluding hydrogens is 232 g/mol. The summed E-state index contributed by atoms with van der Waals surface area (Å²) in [4.78, 5) is 13.7. The number of nitrogens with one attached hydrogen (secondary N) is 1. The zero-order valence-corrected chi connectivity index (χ0v) is 12.2. The molecule has 0 radical (unpaired) electrons. The van der Waals surface area contributed by atoms with Gasteiger partial charge in [-0.25, -0.2) is 4.79 Å². The number of rotatable bonds is 3. The number of ether oxygens (including phenoxy) is 2. The molecule has 0 aromatic carbocycles. The SMILES string of the molecule is CC(C)OCC1CN(C(=O)OC(C)(C)C)CCN1. The van der Waals surface area contributed by atoms with Crippen LogP contribution in [0, 0.1) is 0 Å². The lowest BCUT2D eigenvalue weighted by Gasteiger charge is -2.35. The van der Waals surface area contributed by atoms with Crippen LogP contribution in [0.3, 0.4) is 0 Å². The molecule has 0 bridgehead atoms. The van der Waals surface area contributed by atoms with Gasteiger partial charge in [0.25, 0.3) is 0 Å². The molecule has 0 aromatic heterocycles. The molecule has 1 amide bonds. The minimum atomic E-state index is -0.439. The fraction of sp³-hybridized carbons (Fsp3) is 0.923. The van der Waals surface area contributed by atoms with E-state index in [1.807, 2.05) is 34.6 Å². The third-order valence-corrected chi connectivity index (χ3v) is 2.54. The highest BCUT2D eigenvalue weighted by Gasteiger charge is 2.27. The first-order valence-electron chi connectivity index (χ1n) is 6.61. The fourth-order valence-corrected chi connectivity index (χ4v) is 1.74. The largest absolute Gasteiger partial charge is 0.444 e. The average Bonchev–Trinajstić information content (AvgIpc) is 2.24. The molecule has 18 heavy (non-hydrogen) atoms. The number of piperazine rings is 1. The summed E-state index contributed by atoms with van der Waals surface area (Å²) in [6, 6.07) is 0.189. The Kier molecular flexibility index (Phi) is 5.41. The molecule has 1 rings (SSSR count). The zero-order chi connectivity index (χ0) is 13.8. The Balaban J connectivity index is 2.40. The molecular formula is C13H26N2O3. The molecule has 0 aliphatic carbocycles.